The topological polar surface area (TPSA) is 36.9 Å². The predicted molar refractivity (Wildman–Crippen MR) is 155 cm³/mol. The molecule has 4 nitrogen and oxygen atoms in total. The molecule has 0 aliphatic carbocycles. The molecule has 1 aliphatic heterocycles. The zero-order valence-corrected chi connectivity index (χ0v) is 23.0. The van der Waals surface area contributed by atoms with Gasteiger partial charge in [-0.2, -0.15) is 0 Å². The van der Waals surface area contributed by atoms with Gasteiger partial charge < -0.3 is 18.9 Å². The van der Waals surface area contributed by atoms with Crippen LogP contribution in [0.2, 0.25) is 0 Å². The minimum atomic E-state index is -0.549. The van der Waals surface area contributed by atoms with E-state index in [1.165, 1.54) is 22.3 Å². The van der Waals surface area contributed by atoms with E-state index in [1.54, 1.807) is 0 Å². The van der Waals surface area contributed by atoms with E-state index >= 15 is 0 Å². The lowest BCUT2D eigenvalue weighted by atomic mass is 9.83. The van der Waals surface area contributed by atoms with Gasteiger partial charge in [0.25, 0.3) is 0 Å². The van der Waals surface area contributed by atoms with Crippen LogP contribution in [0, 0.1) is 5.41 Å². The standard InChI is InChI=1S/C35H38O4/c1-34(2)38-26-35(27-39-34,25-36-23-29-9-5-3-6-10-29)22-21-28-13-15-31(16-14-28)32-17-19-33(20-18-32)37-24-30-11-7-4-8-12-30/h3-20H,21-27H2,1-2H3. The normalized spacial score (nSPS) is 16.1. The summed E-state index contributed by atoms with van der Waals surface area (Å²) in [6, 6.07) is 37.7. The van der Waals surface area contributed by atoms with Crippen LogP contribution in [0.25, 0.3) is 11.1 Å². The first-order chi connectivity index (χ1) is 19.0. The van der Waals surface area contributed by atoms with Gasteiger partial charge in [0.15, 0.2) is 5.79 Å². The zero-order valence-electron chi connectivity index (χ0n) is 23.0. The SMILES string of the molecule is CC1(C)OCC(CCc2ccc(-c3ccc(OCc4ccccc4)cc3)cc2)(COCc2ccccc2)CO1. The Morgan fingerprint density at radius 1 is 0.615 bits per heavy atom. The Morgan fingerprint density at radius 3 is 1.74 bits per heavy atom. The minimum absolute atomic E-state index is 0.168. The molecule has 5 rings (SSSR count). The van der Waals surface area contributed by atoms with Crippen molar-refractivity contribution in [2.24, 2.45) is 5.41 Å². The summed E-state index contributed by atoms with van der Waals surface area (Å²) in [5, 5.41) is 0. The number of benzene rings is 4. The number of hydrogen-bond acceptors (Lipinski definition) is 4. The average Bonchev–Trinajstić information content (AvgIpc) is 2.98. The van der Waals surface area contributed by atoms with E-state index in [2.05, 4.69) is 60.7 Å². The first-order valence-corrected chi connectivity index (χ1v) is 13.7. The molecule has 0 radical (unpaired) electrons. The third-order valence-electron chi connectivity index (χ3n) is 7.31. The lowest BCUT2D eigenvalue weighted by Crippen LogP contribution is -2.49. The van der Waals surface area contributed by atoms with E-state index in [1.807, 2.05) is 62.4 Å². The highest BCUT2D eigenvalue weighted by Gasteiger charge is 2.40. The van der Waals surface area contributed by atoms with Crippen LogP contribution in [0.5, 0.6) is 5.75 Å². The second kappa shape index (κ2) is 12.6. The monoisotopic (exact) mass is 522 g/mol. The number of rotatable bonds is 11. The Hall–Kier alpha value is -3.44. The van der Waals surface area contributed by atoms with Crippen molar-refractivity contribution in [2.75, 3.05) is 19.8 Å². The van der Waals surface area contributed by atoms with Crippen molar-refractivity contribution in [2.45, 2.75) is 45.7 Å². The highest BCUT2D eigenvalue weighted by atomic mass is 16.7. The summed E-state index contributed by atoms with van der Waals surface area (Å²) < 4.78 is 24.3. The van der Waals surface area contributed by atoms with Crippen LogP contribution in [0.4, 0.5) is 0 Å². The predicted octanol–water partition coefficient (Wildman–Crippen LogP) is 7.85. The molecule has 4 aromatic rings. The molecule has 39 heavy (non-hydrogen) atoms. The lowest BCUT2D eigenvalue weighted by molar-refractivity contribution is -0.293. The third-order valence-corrected chi connectivity index (χ3v) is 7.31. The second-order valence-corrected chi connectivity index (χ2v) is 11.0. The highest BCUT2D eigenvalue weighted by molar-refractivity contribution is 5.64. The van der Waals surface area contributed by atoms with Gasteiger partial charge in [-0.05, 0) is 66.6 Å². The maximum Gasteiger partial charge on any atom is 0.162 e. The molecule has 0 amide bonds. The quantitative estimate of drug-likeness (QED) is 0.201. The molecule has 1 aliphatic rings. The van der Waals surface area contributed by atoms with Crippen molar-refractivity contribution < 1.29 is 18.9 Å². The molecule has 0 saturated carbocycles. The summed E-state index contributed by atoms with van der Waals surface area (Å²) in [6.07, 6.45) is 1.87. The van der Waals surface area contributed by atoms with Crippen molar-refractivity contribution in [3.8, 4) is 16.9 Å². The van der Waals surface area contributed by atoms with E-state index < -0.39 is 5.79 Å². The fourth-order valence-electron chi connectivity index (χ4n) is 4.75. The van der Waals surface area contributed by atoms with Crippen molar-refractivity contribution in [1.29, 1.82) is 0 Å². The van der Waals surface area contributed by atoms with Gasteiger partial charge in [0.1, 0.15) is 12.4 Å². The van der Waals surface area contributed by atoms with E-state index in [-0.39, 0.29) is 5.41 Å². The molecule has 4 aromatic carbocycles. The highest BCUT2D eigenvalue weighted by Crippen LogP contribution is 2.35. The maximum absolute atomic E-state index is 6.18. The van der Waals surface area contributed by atoms with Gasteiger partial charge in [-0.3, -0.25) is 0 Å². The minimum Gasteiger partial charge on any atom is -0.489 e. The number of ether oxygens (including phenoxy) is 4. The van der Waals surface area contributed by atoms with Crippen molar-refractivity contribution >= 4 is 0 Å². The summed E-state index contributed by atoms with van der Waals surface area (Å²) in [7, 11) is 0. The van der Waals surface area contributed by atoms with Crippen molar-refractivity contribution in [3.63, 3.8) is 0 Å². The summed E-state index contributed by atoms with van der Waals surface area (Å²) in [4.78, 5) is 0. The summed E-state index contributed by atoms with van der Waals surface area (Å²) in [6.45, 7) is 6.98. The molecule has 0 bridgehead atoms. The Labute approximate surface area is 232 Å². The molecule has 1 heterocycles. The Morgan fingerprint density at radius 2 is 1.15 bits per heavy atom. The van der Waals surface area contributed by atoms with E-state index in [0.717, 1.165) is 24.2 Å². The Bertz CT molecular complexity index is 1270. The van der Waals surface area contributed by atoms with Gasteiger partial charge >= 0.3 is 0 Å². The van der Waals surface area contributed by atoms with Crippen LogP contribution < -0.4 is 4.74 Å². The molecular formula is C35H38O4. The largest absolute Gasteiger partial charge is 0.489 e. The molecule has 0 unspecified atom stereocenters. The van der Waals surface area contributed by atoms with E-state index in [9.17, 15) is 0 Å². The Balaban J connectivity index is 1.16. The molecule has 0 atom stereocenters. The fraction of sp³-hybridized carbons (Fsp3) is 0.314. The van der Waals surface area contributed by atoms with Crippen molar-refractivity contribution in [3.05, 3.63) is 126 Å². The number of hydrogen-bond donors (Lipinski definition) is 0. The van der Waals surface area contributed by atoms with Crippen LogP contribution in [-0.2, 0) is 33.8 Å². The fourth-order valence-corrected chi connectivity index (χ4v) is 4.75. The molecule has 202 valence electrons. The van der Waals surface area contributed by atoms with Crippen LogP contribution in [0.1, 0.15) is 37.0 Å². The van der Waals surface area contributed by atoms with Gasteiger partial charge in [-0.1, -0.05) is 97.1 Å². The van der Waals surface area contributed by atoms with Gasteiger partial charge in [0.05, 0.1) is 26.4 Å². The zero-order chi connectivity index (χ0) is 27.0. The second-order valence-electron chi connectivity index (χ2n) is 11.0. The third kappa shape index (κ3) is 7.79. The van der Waals surface area contributed by atoms with Crippen LogP contribution in [-0.4, -0.2) is 25.6 Å². The molecule has 4 heteroatoms. The molecule has 0 aromatic heterocycles. The smallest absolute Gasteiger partial charge is 0.162 e. The lowest BCUT2D eigenvalue weighted by Gasteiger charge is -2.43. The van der Waals surface area contributed by atoms with Gasteiger partial charge in [0, 0.05) is 5.41 Å². The van der Waals surface area contributed by atoms with E-state index in [0.29, 0.717) is 33.0 Å². The molecule has 1 saturated heterocycles. The first kappa shape index (κ1) is 27.1. The van der Waals surface area contributed by atoms with Crippen LogP contribution in [0.15, 0.2) is 109 Å². The molecule has 0 N–H and O–H groups in total. The molecule has 0 spiro atoms. The molecule has 1 fully saturated rings. The average molecular weight is 523 g/mol. The maximum atomic E-state index is 6.18. The van der Waals surface area contributed by atoms with E-state index in [4.69, 9.17) is 18.9 Å². The van der Waals surface area contributed by atoms with Crippen molar-refractivity contribution in [1.82, 2.24) is 0 Å². The summed E-state index contributed by atoms with van der Waals surface area (Å²) in [5.74, 6) is 0.325. The Kier molecular flexibility index (Phi) is 8.77. The van der Waals surface area contributed by atoms with Gasteiger partial charge in [-0.25, -0.2) is 0 Å². The van der Waals surface area contributed by atoms with Crippen LogP contribution in [0.3, 0.4) is 0 Å². The summed E-state index contributed by atoms with van der Waals surface area (Å²) >= 11 is 0. The molecular weight excluding hydrogens is 484 g/mol. The number of aryl methyl sites for hydroxylation is 1. The van der Waals surface area contributed by atoms with Gasteiger partial charge in [-0.15, -0.1) is 0 Å². The van der Waals surface area contributed by atoms with Gasteiger partial charge in [0.2, 0.25) is 0 Å². The first-order valence-electron chi connectivity index (χ1n) is 13.7. The summed E-state index contributed by atoms with van der Waals surface area (Å²) in [5.41, 5.74) is 5.84. The van der Waals surface area contributed by atoms with Crippen LogP contribution >= 0.6 is 0 Å².